The number of anilines is 1. The monoisotopic (exact) mass is 489 g/mol. The van der Waals surface area contributed by atoms with Crippen molar-refractivity contribution in [3.63, 3.8) is 0 Å². The summed E-state index contributed by atoms with van der Waals surface area (Å²) < 4.78 is 34.3. The van der Waals surface area contributed by atoms with Crippen LogP contribution in [0.1, 0.15) is 63.9 Å². The van der Waals surface area contributed by atoms with Crippen LogP contribution in [-0.2, 0) is 19.6 Å². The number of piperidine rings is 1. The fraction of sp³-hybridized carbons (Fsp3) is 0.600. The maximum atomic E-state index is 13.5. The number of allylic oxidation sites excluding steroid dienone is 1. The number of rotatable bonds is 7. The first-order valence-electron chi connectivity index (χ1n) is 12.4. The summed E-state index contributed by atoms with van der Waals surface area (Å²) in [5.41, 5.74) is 2.42. The predicted octanol–water partition coefficient (Wildman–Crippen LogP) is 3.51. The Kier molecular flexibility index (Phi) is 7.62. The van der Waals surface area contributed by atoms with Gasteiger partial charge in [-0.15, -0.1) is 0 Å². The van der Waals surface area contributed by atoms with Crippen molar-refractivity contribution in [2.45, 2.75) is 76.2 Å². The molecule has 3 aliphatic rings. The molecule has 0 spiro atoms. The van der Waals surface area contributed by atoms with Gasteiger partial charge in [0.15, 0.2) is 6.10 Å². The van der Waals surface area contributed by atoms with Crippen LogP contribution >= 0.6 is 0 Å². The summed E-state index contributed by atoms with van der Waals surface area (Å²) in [6, 6.07) is 3.14. The molecule has 2 N–H and O–H groups in total. The third-order valence-electron chi connectivity index (χ3n) is 6.97. The van der Waals surface area contributed by atoms with Gasteiger partial charge in [-0.2, -0.15) is 4.31 Å². The first-order chi connectivity index (χ1) is 16.3. The summed E-state index contributed by atoms with van der Waals surface area (Å²) >= 11 is 0. The van der Waals surface area contributed by atoms with Gasteiger partial charge in [0.1, 0.15) is 5.75 Å². The van der Waals surface area contributed by atoms with E-state index in [2.05, 4.69) is 16.7 Å². The van der Waals surface area contributed by atoms with Crippen molar-refractivity contribution in [2.75, 3.05) is 25.0 Å². The highest BCUT2D eigenvalue weighted by Gasteiger charge is 2.35. The van der Waals surface area contributed by atoms with Crippen molar-refractivity contribution in [1.29, 1.82) is 0 Å². The molecule has 2 aliphatic heterocycles. The number of nitrogens with zero attached hydrogens (tertiary/aromatic N) is 1. The van der Waals surface area contributed by atoms with Crippen LogP contribution in [0.5, 0.6) is 5.75 Å². The molecule has 0 unspecified atom stereocenters. The zero-order valence-electron chi connectivity index (χ0n) is 20.1. The van der Waals surface area contributed by atoms with Gasteiger partial charge in [-0.05, 0) is 69.9 Å². The molecule has 1 aromatic rings. The number of benzene rings is 1. The molecule has 0 radical (unpaired) electrons. The van der Waals surface area contributed by atoms with E-state index in [-0.39, 0.29) is 29.2 Å². The Bertz CT molecular complexity index is 1080. The molecule has 8 nitrogen and oxygen atoms in total. The molecular formula is C25H35N3O5S. The molecule has 9 heteroatoms. The van der Waals surface area contributed by atoms with Gasteiger partial charge < -0.3 is 15.4 Å². The number of hydrogen-bond donors (Lipinski definition) is 2. The Balaban J connectivity index is 1.43. The summed E-state index contributed by atoms with van der Waals surface area (Å²) in [7, 11) is -3.82. The van der Waals surface area contributed by atoms with Gasteiger partial charge in [-0.25, -0.2) is 8.42 Å². The molecule has 1 fully saturated rings. The molecule has 1 saturated heterocycles. The topological polar surface area (TPSA) is 105 Å². The van der Waals surface area contributed by atoms with Crippen LogP contribution < -0.4 is 15.4 Å². The standard InChI is InChI=1S/C25H35N3O5S/c1-3-21-25(30)27-20-14-17(2)23(15-22(20)33-21)34(31,32)28-13-7-10-19(16-28)24(29)26-12-11-18-8-5-4-6-9-18/h8,14-15,19,21H,3-7,9-13,16H2,1-2H3,(H,26,29)(H,27,30)/t19-,21-/m0/s1. The molecule has 34 heavy (non-hydrogen) atoms. The zero-order chi connectivity index (χ0) is 24.3. The van der Waals surface area contributed by atoms with Crippen molar-refractivity contribution in [2.24, 2.45) is 5.92 Å². The minimum absolute atomic E-state index is 0.0738. The van der Waals surface area contributed by atoms with Crippen LogP contribution in [0.25, 0.3) is 0 Å². The van der Waals surface area contributed by atoms with Gasteiger partial charge in [0.05, 0.1) is 16.5 Å². The Labute approximate surface area is 202 Å². The third kappa shape index (κ3) is 5.30. The van der Waals surface area contributed by atoms with E-state index in [9.17, 15) is 18.0 Å². The van der Waals surface area contributed by atoms with E-state index < -0.39 is 16.1 Å². The molecule has 1 aromatic carbocycles. The van der Waals surface area contributed by atoms with Crippen molar-refractivity contribution < 1.29 is 22.7 Å². The maximum Gasteiger partial charge on any atom is 0.265 e. The van der Waals surface area contributed by atoms with Crippen LogP contribution in [0.15, 0.2) is 28.7 Å². The molecule has 0 aromatic heterocycles. The fourth-order valence-corrected chi connectivity index (χ4v) is 6.71. The lowest BCUT2D eigenvalue weighted by molar-refractivity contribution is -0.126. The van der Waals surface area contributed by atoms with Crippen molar-refractivity contribution in [1.82, 2.24) is 9.62 Å². The van der Waals surface area contributed by atoms with Crippen LogP contribution in [-0.4, -0.2) is 50.3 Å². The Hall–Kier alpha value is -2.39. The number of nitrogens with one attached hydrogen (secondary N) is 2. The van der Waals surface area contributed by atoms with Crippen molar-refractivity contribution in [3.8, 4) is 5.75 Å². The smallest absolute Gasteiger partial charge is 0.265 e. The van der Waals surface area contributed by atoms with Crippen LogP contribution in [0, 0.1) is 12.8 Å². The lowest BCUT2D eigenvalue weighted by Crippen LogP contribution is -2.45. The van der Waals surface area contributed by atoms with Gasteiger partial charge in [-0.1, -0.05) is 18.6 Å². The molecule has 2 amide bonds. The molecule has 0 saturated carbocycles. The highest BCUT2D eigenvalue weighted by atomic mass is 32.2. The quantitative estimate of drug-likeness (QED) is 0.571. The van der Waals surface area contributed by atoms with E-state index >= 15 is 0 Å². The molecule has 2 heterocycles. The van der Waals surface area contributed by atoms with Gasteiger partial charge in [0.25, 0.3) is 5.91 Å². The molecule has 186 valence electrons. The van der Waals surface area contributed by atoms with Gasteiger partial charge in [-0.3, -0.25) is 9.59 Å². The fourth-order valence-electron chi connectivity index (χ4n) is 4.97. The van der Waals surface area contributed by atoms with Crippen LogP contribution in [0.3, 0.4) is 0 Å². The number of sulfonamides is 1. The largest absolute Gasteiger partial charge is 0.478 e. The number of ether oxygens (including phenoxy) is 1. The number of aryl methyl sites for hydroxylation is 1. The summed E-state index contributed by atoms with van der Waals surface area (Å²) in [6.45, 7) is 4.69. The molecule has 1 aliphatic carbocycles. The summed E-state index contributed by atoms with van der Waals surface area (Å²) in [6.07, 6.45) is 9.00. The van der Waals surface area contributed by atoms with E-state index in [1.165, 1.54) is 28.8 Å². The van der Waals surface area contributed by atoms with E-state index in [1.807, 2.05) is 6.92 Å². The molecular weight excluding hydrogens is 454 g/mol. The predicted molar refractivity (Wildman–Crippen MR) is 130 cm³/mol. The number of hydrogen-bond acceptors (Lipinski definition) is 5. The number of carbonyl (C=O) groups is 2. The SMILES string of the molecule is CC[C@@H]1Oc2cc(S(=O)(=O)N3CCC[C@H](C(=O)NCCC4=CCCCC4)C3)c(C)cc2NC1=O. The van der Waals surface area contributed by atoms with Crippen molar-refractivity contribution in [3.05, 3.63) is 29.3 Å². The highest BCUT2D eigenvalue weighted by Crippen LogP contribution is 2.36. The second-order valence-electron chi connectivity index (χ2n) is 9.47. The second kappa shape index (κ2) is 10.5. The second-order valence-corrected chi connectivity index (χ2v) is 11.4. The van der Waals surface area contributed by atoms with Crippen molar-refractivity contribution >= 4 is 27.5 Å². The van der Waals surface area contributed by atoms with Crippen LogP contribution in [0.2, 0.25) is 0 Å². The number of carbonyl (C=O) groups excluding carboxylic acids is 2. The lowest BCUT2D eigenvalue weighted by Gasteiger charge is -2.32. The first kappa shape index (κ1) is 24.7. The number of fused-ring (bicyclic) bond motifs is 1. The van der Waals surface area contributed by atoms with Crippen LogP contribution in [0.4, 0.5) is 5.69 Å². The minimum atomic E-state index is -3.82. The minimum Gasteiger partial charge on any atom is -0.478 e. The zero-order valence-corrected chi connectivity index (χ0v) is 20.9. The third-order valence-corrected chi connectivity index (χ3v) is 8.98. The van der Waals surface area contributed by atoms with E-state index in [0.717, 1.165) is 19.3 Å². The summed E-state index contributed by atoms with van der Waals surface area (Å²) in [4.78, 5) is 25.0. The number of amides is 2. The van der Waals surface area contributed by atoms with Gasteiger partial charge in [0.2, 0.25) is 15.9 Å². The van der Waals surface area contributed by atoms with E-state index in [4.69, 9.17) is 4.74 Å². The Morgan fingerprint density at radius 3 is 2.82 bits per heavy atom. The first-order valence-corrected chi connectivity index (χ1v) is 13.8. The van der Waals surface area contributed by atoms with Gasteiger partial charge >= 0.3 is 0 Å². The maximum absolute atomic E-state index is 13.5. The lowest BCUT2D eigenvalue weighted by atomic mass is 9.96. The highest BCUT2D eigenvalue weighted by molar-refractivity contribution is 7.89. The Morgan fingerprint density at radius 2 is 2.09 bits per heavy atom. The summed E-state index contributed by atoms with van der Waals surface area (Å²) in [5.74, 6) is -0.300. The van der Waals surface area contributed by atoms with E-state index in [1.54, 1.807) is 13.0 Å². The average Bonchev–Trinajstić information content (AvgIpc) is 2.84. The molecule has 4 rings (SSSR count). The average molecular weight is 490 g/mol. The Morgan fingerprint density at radius 1 is 1.26 bits per heavy atom. The molecule has 0 bridgehead atoms. The normalized spacial score (nSPS) is 23.4. The molecule has 2 atom stereocenters. The summed E-state index contributed by atoms with van der Waals surface area (Å²) in [5, 5.41) is 5.81. The van der Waals surface area contributed by atoms with E-state index in [0.29, 0.717) is 49.4 Å². The van der Waals surface area contributed by atoms with Gasteiger partial charge in [0, 0.05) is 25.7 Å².